The van der Waals surface area contributed by atoms with Crippen molar-refractivity contribution < 1.29 is 18.3 Å². The first-order valence-electron chi connectivity index (χ1n) is 7.77. The minimum absolute atomic E-state index is 0.00894. The molecule has 0 aliphatic carbocycles. The summed E-state index contributed by atoms with van der Waals surface area (Å²) in [4.78, 5) is 14.8. The number of aromatic nitrogens is 1. The van der Waals surface area contributed by atoms with Gasteiger partial charge in [-0.2, -0.15) is 0 Å². The smallest absolute Gasteiger partial charge is 0.268 e. The quantitative estimate of drug-likeness (QED) is 0.829. The monoisotopic (exact) mass is 349 g/mol. The number of hydrogen-bond acceptors (Lipinski definition) is 5. The number of aromatic hydroxyl groups is 1. The van der Waals surface area contributed by atoms with Crippen LogP contribution < -0.4 is 0 Å². The number of carbonyl (C=O) groups excluding carboxylic acids is 1. The van der Waals surface area contributed by atoms with Gasteiger partial charge in [-0.25, -0.2) is 8.42 Å². The zero-order chi connectivity index (χ0) is 17.5. The van der Waals surface area contributed by atoms with E-state index in [-0.39, 0.29) is 29.5 Å². The molecule has 24 heavy (non-hydrogen) atoms. The molecule has 2 aromatic rings. The second kappa shape index (κ2) is 6.01. The summed E-state index contributed by atoms with van der Waals surface area (Å²) in [6.07, 6.45) is 0.275. The van der Waals surface area contributed by atoms with Gasteiger partial charge in [0.25, 0.3) is 5.91 Å². The standard InChI is InChI=1S/C16H19N3O4S/c1-9(2)10-3-4-13-12(7-10)14(16(21)17-13)18-19-15(20)11-5-6-24(22,23)8-11/h3-4,7,9,11,17,21H,5-6,8H2,1-2H3/t11-/m0/s1. The normalized spacial score (nSPS) is 20.4. The van der Waals surface area contributed by atoms with Gasteiger partial charge in [-0.15, -0.1) is 10.2 Å². The van der Waals surface area contributed by atoms with Crippen LogP contribution >= 0.6 is 0 Å². The van der Waals surface area contributed by atoms with E-state index in [0.29, 0.717) is 16.8 Å². The number of amides is 1. The van der Waals surface area contributed by atoms with Crippen molar-refractivity contribution in [1.82, 2.24) is 4.98 Å². The third-order valence-corrected chi connectivity index (χ3v) is 6.04. The molecule has 0 saturated carbocycles. The van der Waals surface area contributed by atoms with Crippen molar-refractivity contribution in [2.24, 2.45) is 16.1 Å². The number of carbonyl (C=O) groups is 1. The van der Waals surface area contributed by atoms with Crippen LogP contribution in [0, 0.1) is 5.92 Å². The highest BCUT2D eigenvalue weighted by atomic mass is 32.2. The summed E-state index contributed by atoms with van der Waals surface area (Å²) in [6, 6.07) is 5.70. The van der Waals surface area contributed by atoms with Gasteiger partial charge in [0.2, 0.25) is 5.88 Å². The lowest BCUT2D eigenvalue weighted by atomic mass is 10.0. The molecule has 0 radical (unpaired) electrons. The predicted octanol–water partition coefficient (Wildman–Crippen LogP) is 3.04. The second-order valence-corrected chi connectivity index (χ2v) is 8.65. The molecule has 3 rings (SSSR count). The Hall–Kier alpha value is -2.22. The maximum absolute atomic E-state index is 12.0. The number of nitrogens with zero attached hydrogens (tertiary/aromatic N) is 2. The van der Waals surface area contributed by atoms with Crippen LogP contribution in [0.5, 0.6) is 5.88 Å². The summed E-state index contributed by atoms with van der Waals surface area (Å²) in [5, 5.41) is 18.2. The Morgan fingerprint density at radius 1 is 1.38 bits per heavy atom. The van der Waals surface area contributed by atoms with Crippen LogP contribution in [0.2, 0.25) is 0 Å². The van der Waals surface area contributed by atoms with Crippen LogP contribution in [-0.4, -0.2) is 35.9 Å². The van der Waals surface area contributed by atoms with Gasteiger partial charge in [0.15, 0.2) is 15.5 Å². The Bertz CT molecular complexity index is 928. The Balaban J connectivity index is 1.90. The van der Waals surface area contributed by atoms with Gasteiger partial charge >= 0.3 is 0 Å². The van der Waals surface area contributed by atoms with Crippen LogP contribution in [0.3, 0.4) is 0 Å². The molecule has 1 saturated heterocycles. The zero-order valence-electron chi connectivity index (χ0n) is 13.5. The van der Waals surface area contributed by atoms with E-state index in [1.54, 1.807) is 0 Å². The van der Waals surface area contributed by atoms with Crippen molar-refractivity contribution in [2.75, 3.05) is 11.5 Å². The maximum Gasteiger partial charge on any atom is 0.268 e. The molecule has 1 amide bonds. The van der Waals surface area contributed by atoms with Crippen molar-refractivity contribution in [2.45, 2.75) is 26.2 Å². The SMILES string of the molecule is CC(C)c1ccc2[nH]c(O)c(N=NC(=O)[C@H]3CCS(=O)(=O)C3)c2c1. The van der Waals surface area contributed by atoms with Crippen LogP contribution in [0.1, 0.15) is 31.7 Å². The first kappa shape index (κ1) is 16.6. The topological polar surface area (TPSA) is 112 Å². The van der Waals surface area contributed by atoms with E-state index in [9.17, 15) is 18.3 Å². The van der Waals surface area contributed by atoms with Crippen molar-refractivity contribution in [1.29, 1.82) is 0 Å². The fourth-order valence-corrected chi connectivity index (χ4v) is 4.54. The summed E-state index contributed by atoms with van der Waals surface area (Å²) in [6.45, 7) is 4.11. The maximum atomic E-state index is 12.0. The van der Waals surface area contributed by atoms with Crippen LogP contribution in [0.4, 0.5) is 5.69 Å². The highest BCUT2D eigenvalue weighted by Crippen LogP contribution is 2.37. The van der Waals surface area contributed by atoms with Gasteiger partial charge in [0.1, 0.15) is 0 Å². The molecule has 0 unspecified atom stereocenters. The number of H-pyrrole nitrogens is 1. The molecule has 1 aromatic carbocycles. The second-order valence-electron chi connectivity index (χ2n) is 6.42. The predicted molar refractivity (Wildman–Crippen MR) is 90.3 cm³/mol. The summed E-state index contributed by atoms with van der Waals surface area (Å²) in [5.41, 5.74) is 1.97. The van der Waals surface area contributed by atoms with Gasteiger partial charge in [-0.1, -0.05) is 19.9 Å². The lowest BCUT2D eigenvalue weighted by Crippen LogP contribution is -2.13. The molecular formula is C16H19N3O4S. The van der Waals surface area contributed by atoms with Crippen LogP contribution in [-0.2, 0) is 14.6 Å². The molecule has 8 heteroatoms. The van der Waals surface area contributed by atoms with E-state index in [2.05, 4.69) is 29.1 Å². The average Bonchev–Trinajstić information content (AvgIpc) is 3.03. The van der Waals surface area contributed by atoms with E-state index >= 15 is 0 Å². The molecule has 2 N–H and O–H groups in total. The minimum Gasteiger partial charge on any atom is -0.493 e. The Labute approximate surface area is 139 Å². The number of nitrogens with one attached hydrogen (secondary N) is 1. The number of sulfone groups is 1. The molecule has 1 atom stereocenters. The zero-order valence-corrected chi connectivity index (χ0v) is 14.3. The fraction of sp³-hybridized carbons (Fsp3) is 0.438. The molecule has 7 nitrogen and oxygen atoms in total. The molecule has 1 fully saturated rings. The van der Waals surface area contributed by atoms with Crippen molar-refractivity contribution in [3.63, 3.8) is 0 Å². The van der Waals surface area contributed by atoms with Crippen LogP contribution in [0.25, 0.3) is 10.9 Å². The molecule has 0 spiro atoms. The van der Waals surface area contributed by atoms with Crippen molar-refractivity contribution >= 4 is 32.3 Å². The Morgan fingerprint density at radius 2 is 2.12 bits per heavy atom. The lowest BCUT2D eigenvalue weighted by Gasteiger charge is -2.04. The van der Waals surface area contributed by atoms with E-state index in [4.69, 9.17) is 0 Å². The van der Waals surface area contributed by atoms with Gasteiger partial charge in [0.05, 0.1) is 22.9 Å². The molecule has 1 aromatic heterocycles. The van der Waals surface area contributed by atoms with Gasteiger partial charge in [0, 0.05) is 5.39 Å². The highest BCUT2D eigenvalue weighted by Gasteiger charge is 2.33. The lowest BCUT2D eigenvalue weighted by molar-refractivity contribution is -0.121. The summed E-state index contributed by atoms with van der Waals surface area (Å²) >= 11 is 0. The number of benzene rings is 1. The Kier molecular flexibility index (Phi) is 4.16. The minimum atomic E-state index is -3.15. The number of rotatable bonds is 3. The van der Waals surface area contributed by atoms with E-state index < -0.39 is 21.7 Å². The number of fused-ring (bicyclic) bond motifs is 1. The molecule has 2 heterocycles. The van der Waals surface area contributed by atoms with Gasteiger partial charge in [-0.3, -0.25) is 4.79 Å². The van der Waals surface area contributed by atoms with E-state index in [0.717, 1.165) is 5.56 Å². The first-order valence-corrected chi connectivity index (χ1v) is 9.59. The highest BCUT2D eigenvalue weighted by molar-refractivity contribution is 7.91. The van der Waals surface area contributed by atoms with Crippen LogP contribution in [0.15, 0.2) is 28.4 Å². The number of aromatic amines is 1. The summed E-state index contributed by atoms with van der Waals surface area (Å²) < 4.78 is 22.9. The fourth-order valence-electron chi connectivity index (χ4n) is 2.81. The largest absolute Gasteiger partial charge is 0.493 e. The first-order chi connectivity index (χ1) is 11.3. The molecular weight excluding hydrogens is 330 g/mol. The number of hydrogen-bond donors (Lipinski definition) is 2. The third-order valence-electron chi connectivity index (χ3n) is 4.27. The molecule has 1 aliphatic rings. The van der Waals surface area contributed by atoms with Crippen molar-refractivity contribution in [3.05, 3.63) is 23.8 Å². The molecule has 0 bridgehead atoms. The van der Waals surface area contributed by atoms with E-state index in [1.165, 1.54) is 0 Å². The summed E-state index contributed by atoms with van der Waals surface area (Å²) in [7, 11) is -3.15. The van der Waals surface area contributed by atoms with E-state index in [1.807, 2.05) is 18.2 Å². The van der Waals surface area contributed by atoms with Gasteiger partial charge in [-0.05, 0) is 30.0 Å². The third kappa shape index (κ3) is 3.19. The Morgan fingerprint density at radius 3 is 2.75 bits per heavy atom. The van der Waals surface area contributed by atoms with Crippen molar-refractivity contribution in [3.8, 4) is 5.88 Å². The molecule has 1 aliphatic heterocycles. The van der Waals surface area contributed by atoms with Gasteiger partial charge < -0.3 is 10.1 Å². The average molecular weight is 349 g/mol. The summed E-state index contributed by atoms with van der Waals surface area (Å²) in [5.74, 6) is -1.23. The number of azo groups is 1. The molecule has 128 valence electrons.